The number of hydrogen-bond acceptors (Lipinski definition) is 5. The fourth-order valence-electron chi connectivity index (χ4n) is 2.59. The minimum atomic E-state index is -0.465. The molecule has 25 heavy (non-hydrogen) atoms. The van der Waals surface area contributed by atoms with Crippen LogP contribution in [0.5, 0.6) is 5.75 Å². The Bertz CT molecular complexity index is 862. The van der Waals surface area contributed by atoms with Gasteiger partial charge in [0.25, 0.3) is 0 Å². The molecular weight excluding hydrogens is 316 g/mol. The van der Waals surface area contributed by atoms with E-state index < -0.39 is 5.97 Å². The highest BCUT2D eigenvalue weighted by atomic mass is 16.5. The average molecular weight is 334 g/mol. The Morgan fingerprint density at radius 1 is 0.960 bits per heavy atom. The molecule has 2 aromatic carbocycles. The van der Waals surface area contributed by atoms with Gasteiger partial charge in [-0.2, -0.15) is 0 Å². The molecule has 3 rings (SSSR count). The predicted octanol–water partition coefficient (Wildman–Crippen LogP) is 4.00. The summed E-state index contributed by atoms with van der Waals surface area (Å²) in [5, 5.41) is 0. The van der Waals surface area contributed by atoms with Crippen molar-refractivity contribution in [3.05, 3.63) is 66.6 Å². The summed E-state index contributed by atoms with van der Waals surface area (Å²) in [6, 6.07) is 17.1. The molecule has 5 heteroatoms. The lowest BCUT2D eigenvalue weighted by Crippen LogP contribution is -2.10. The van der Waals surface area contributed by atoms with Crippen molar-refractivity contribution in [1.29, 1.82) is 0 Å². The zero-order valence-corrected chi connectivity index (χ0v) is 14.1. The van der Waals surface area contributed by atoms with E-state index in [-0.39, 0.29) is 12.3 Å². The van der Waals surface area contributed by atoms with Crippen LogP contribution in [0.3, 0.4) is 0 Å². The first kappa shape index (κ1) is 16.6. The van der Waals surface area contributed by atoms with Crippen LogP contribution in [-0.4, -0.2) is 29.7 Å². The van der Waals surface area contributed by atoms with Crippen LogP contribution in [0.25, 0.3) is 22.4 Å². The molecule has 126 valence electrons. The number of aromatic nitrogens is 2. The standard InChI is InChI=1S/C20H18N2O3/c1-3-25-20(23)19-17(14-9-11-16(24-2)12-10-14)18(21-13-22-19)15-7-5-4-6-8-15/h4-13H,3H2,1-2H3. The molecule has 0 amide bonds. The van der Waals surface area contributed by atoms with Crippen molar-refractivity contribution in [1.82, 2.24) is 9.97 Å². The Morgan fingerprint density at radius 2 is 1.68 bits per heavy atom. The molecule has 0 atom stereocenters. The van der Waals surface area contributed by atoms with Gasteiger partial charge in [-0.05, 0) is 24.6 Å². The first-order valence-corrected chi connectivity index (χ1v) is 7.96. The van der Waals surface area contributed by atoms with Crippen LogP contribution < -0.4 is 4.74 Å². The minimum Gasteiger partial charge on any atom is -0.497 e. The van der Waals surface area contributed by atoms with Crippen LogP contribution in [0.2, 0.25) is 0 Å². The van der Waals surface area contributed by atoms with E-state index in [9.17, 15) is 4.79 Å². The molecule has 0 spiro atoms. The number of carbonyl (C=O) groups excluding carboxylic acids is 1. The molecule has 0 fully saturated rings. The van der Waals surface area contributed by atoms with Crippen LogP contribution in [0.15, 0.2) is 60.9 Å². The highest BCUT2D eigenvalue weighted by Gasteiger charge is 2.21. The van der Waals surface area contributed by atoms with Crippen LogP contribution >= 0.6 is 0 Å². The second kappa shape index (κ2) is 7.57. The Hall–Kier alpha value is -3.21. The molecular formula is C20H18N2O3. The maximum absolute atomic E-state index is 12.4. The van der Waals surface area contributed by atoms with Gasteiger partial charge in [0.1, 0.15) is 12.1 Å². The van der Waals surface area contributed by atoms with Gasteiger partial charge < -0.3 is 9.47 Å². The quantitative estimate of drug-likeness (QED) is 0.660. The van der Waals surface area contributed by atoms with Crippen molar-refractivity contribution >= 4 is 5.97 Å². The summed E-state index contributed by atoms with van der Waals surface area (Å²) in [4.78, 5) is 21.0. The van der Waals surface area contributed by atoms with Crippen molar-refractivity contribution in [3.63, 3.8) is 0 Å². The molecule has 3 aromatic rings. The van der Waals surface area contributed by atoms with Gasteiger partial charge in [0.2, 0.25) is 0 Å². The van der Waals surface area contributed by atoms with E-state index in [4.69, 9.17) is 9.47 Å². The normalized spacial score (nSPS) is 10.3. The number of rotatable bonds is 5. The van der Waals surface area contributed by atoms with Crippen LogP contribution in [-0.2, 0) is 4.74 Å². The number of ether oxygens (including phenoxy) is 2. The summed E-state index contributed by atoms with van der Waals surface area (Å²) in [7, 11) is 1.61. The number of nitrogens with zero attached hydrogens (tertiary/aromatic N) is 2. The molecule has 0 unspecified atom stereocenters. The Labute approximate surface area is 146 Å². The van der Waals surface area contributed by atoms with Gasteiger partial charge >= 0.3 is 5.97 Å². The zero-order chi connectivity index (χ0) is 17.6. The average Bonchev–Trinajstić information content (AvgIpc) is 2.68. The lowest BCUT2D eigenvalue weighted by molar-refractivity contribution is 0.0520. The van der Waals surface area contributed by atoms with Crippen molar-refractivity contribution in [2.24, 2.45) is 0 Å². The van der Waals surface area contributed by atoms with E-state index >= 15 is 0 Å². The monoisotopic (exact) mass is 334 g/mol. The van der Waals surface area contributed by atoms with E-state index in [1.54, 1.807) is 14.0 Å². The lowest BCUT2D eigenvalue weighted by Gasteiger charge is -2.13. The third-order valence-electron chi connectivity index (χ3n) is 3.74. The number of hydrogen-bond donors (Lipinski definition) is 0. The summed E-state index contributed by atoms with van der Waals surface area (Å²) >= 11 is 0. The predicted molar refractivity (Wildman–Crippen MR) is 95.4 cm³/mol. The number of benzene rings is 2. The van der Waals surface area contributed by atoms with Crippen molar-refractivity contribution in [2.75, 3.05) is 13.7 Å². The molecule has 0 aliphatic heterocycles. The second-order valence-corrected chi connectivity index (χ2v) is 5.26. The molecule has 0 saturated heterocycles. The number of methoxy groups -OCH3 is 1. The highest BCUT2D eigenvalue weighted by Crippen LogP contribution is 2.33. The molecule has 0 N–H and O–H groups in total. The molecule has 0 bridgehead atoms. The third-order valence-corrected chi connectivity index (χ3v) is 3.74. The van der Waals surface area contributed by atoms with E-state index in [1.165, 1.54) is 6.33 Å². The largest absolute Gasteiger partial charge is 0.497 e. The fraction of sp³-hybridized carbons (Fsp3) is 0.150. The van der Waals surface area contributed by atoms with Gasteiger partial charge in [0.05, 0.1) is 19.4 Å². The Kier molecular flexibility index (Phi) is 5.04. The maximum atomic E-state index is 12.4. The van der Waals surface area contributed by atoms with E-state index in [1.807, 2.05) is 54.6 Å². The van der Waals surface area contributed by atoms with E-state index in [0.717, 1.165) is 16.9 Å². The molecule has 5 nitrogen and oxygen atoms in total. The summed E-state index contributed by atoms with van der Waals surface area (Å²) in [6.45, 7) is 2.05. The highest BCUT2D eigenvalue weighted by molar-refractivity contribution is 5.99. The SMILES string of the molecule is CCOC(=O)c1ncnc(-c2ccccc2)c1-c1ccc(OC)cc1. The van der Waals surface area contributed by atoms with Gasteiger partial charge in [0, 0.05) is 11.1 Å². The summed E-state index contributed by atoms with van der Waals surface area (Å²) in [6.07, 6.45) is 1.39. The first-order chi connectivity index (χ1) is 12.2. The molecule has 0 aliphatic carbocycles. The Morgan fingerprint density at radius 3 is 2.32 bits per heavy atom. The molecule has 1 heterocycles. The zero-order valence-electron chi connectivity index (χ0n) is 14.1. The fourth-order valence-corrected chi connectivity index (χ4v) is 2.59. The smallest absolute Gasteiger partial charge is 0.357 e. The van der Waals surface area contributed by atoms with Crippen LogP contribution in [0, 0.1) is 0 Å². The summed E-state index contributed by atoms with van der Waals surface area (Å²) in [5.41, 5.74) is 3.31. The van der Waals surface area contributed by atoms with Gasteiger partial charge in [0.15, 0.2) is 5.69 Å². The van der Waals surface area contributed by atoms with Gasteiger partial charge in [-0.25, -0.2) is 14.8 Å². The van der Waals surface area contributed by atoms with E-state index in [0.29, 0.717) is 11.3 Å². The van der Waals surface area contributed by atoms with Gasteiger partial charge in [-0.3, -0.25) is 0 Å². The molecule has 1 aromatic heterocycles. The van der Waals surface area contributed by atoms with Crippen molar-refractivity contribution in [2.45, 2.75) is 6.92 Å². The van der Waals surface area contributed by atoms with E-state index in [2.05, 4.69) is 9.97 Å². The second-order valence-electron chi connectivity index (χ2n) is 5.26. The summed E-state index contributed by atoms with van der Waals surface area (Å²) < 4.78 is 10.4. The lowest BCUT2D eigenvalue weighted by atomic mass is 9.97. The number of carbonyl (C=O) groups is 1. The Balaban J connectivity index is 2.22. The van der Waals surface area contributed by atoms with Crippen molar-refractivity contribution in [3.8, 4) is 28.1 Å². The molecule has 0 aliphatic rings. The minimum absolute atomic E-state index is 0.251. The molecule has 0 saturated carbocycles. The van der Waals surface area contributed by atoms with Crippen LogP contribution in [0.1, 0.15) is 17.4 Å². The van der Waals surface area contributed by atoms with Gasteiger partial charge in [-0.1, -0.05) is 42.5 Å². The molecule has 0 radical (unpaired) electrons. The third kappa shape index (κ3) is 3.50. The van der Waals surface area contributed by atoms with Crippen molar-refractivity contribution < 1.29 is 14.3 Å². The summed E-state index contributed by atoms with van der Waals surface area (Å²) in [5.74, 6) is 0.271. The van der Waals surface area contributed by atoms with Gasteiger partial charge in [-0.15, -0.1) is 0 Å². The topological polar surface area (TPSA) is 61.3 Å². The maximum Gasteiger partial charge on any atom is 0.357 e. The van der Waals surface area contributed by atoms with Crippen LogP contribution in [0.4, 0.5) is 0 Å². The number of esters is 1. The first-order valence-electron chi connectivity index (χ1n) is 7.96.